The zero-order valence-corrected chi connectivity index (χ0v) is 13.2. The van der Waals surface area contributed by atoms with E-state index in [4.69, 9.17) is 0 Å². The lowest BCUT2D eigenvalue weighted by molar-refractivity contribution is 0.0362. The van der Waals surface area contributed by atoms with Gasteiger partial charge in [-0.05, 0) is 13.3 Å². The standard InChI is InChI=1S/C14H30O2Si/c1-6-10-13(15)14(16)12(5)11-17(7-2,8-3)9-4/h11,13-16H,6-10H2,1-5H3/b12-11+/t13-,14+/m0/s1. The first-order valence-corrected chi connectivity index (χ1v) is 9.71. The molecule has 0 bridgehead atoms. The predicted octanol–water partition coefficient (Wildman–Crippen LogP) is 3.50. The van der Waals surface area contributed by atoms with Crippen molar-refractivity contribution in [1.29, 1.82) is 0 Å². The molecule has 0 radical (unpaired) electrons. The van der Waals surface area contributed by atoms with E-state index in [2.05, 4.69) is 26.5 Å². The van der Waals surface area contributed by atoms with Crippen LogP contribution >= 0.6 is 0 Å². The monoisotopic (exact) mass is 258 g/mol. The molecule has 0 unspecified atom stereocenters. The Morgan fingerprint density at radius 3 is 1.88 bits per heavy atom. The summed E-state index contributed by atoms with van der Waals surface area (Å²) in [6.45, 7) is 10.7. The summed E-state index contributed by atoms with van der Waals surface area (Å²) >= 11 is 0. The molecule has 0 aromatic heterocycles. The van der Waals surface area contributed by atoms with Crippen LogP contribution < -0.4 is 0 Å². The van der Waals surface area contributed by atoms with Gasteiger partial charge in [0, 0.05) is 0 Å². The topological polar surface area (TPSA) is 40.5 Å². The predicted molar refractivity (Wildman–Crippen MR) is 77.9 cm³/mol. The van der Waals surface area contributed by atoms with Gasteiger partial charge in [-0.3, -0.25) is 0 Å². The van der Waals surface area contributed by atoms with Gasteiger partial charge in [0.2, 0.25) is 0 Å². The van der Waals surface area contributed by atoms with E-state index in [1.165, 1.54) is 18.1 Å². The van der Waals surface area contributed by atoms with Gasteiger partial charge in [0.1, 0.15) is 6.10 Å². The van der Waals surface area contributed by atoms with Crippen molar-refractivity contribution in [3.05, 3.63) is 11.3 Å². The van der Waals surface area contributed by atoms with Crippen LogP contribution in [0.5, 0.6) is 0 Å². The normalized spacial score (nSPS) is 17.0. The molecule has 0 heterocycles. The highest BCUT2D eigenvalue weighted by atomic mass is 28.3. The highest BCUT2D eigenvalue weighted by Crippen LogP contribution is 2.25. The first kappa shape index (κ1) is 16.9. The molecule has 2 N–H and O–H groups in total. The third-order valence-corrected chi connectivity index (χ3v) is 9.35. The van der Waals surface area contributed by atoms with Gasteiger partial charge in [-0.25, -0.2) is 0 Å². The largest absolute Gasteiger partial charge is 0.390 e. The van der Waals surface area contributed by atoms with Crippen LogP contribution in [0.2, 0.25) is 18.1 Å². The lowest BCUT2D eigenvalue weighted by Gasteiger charge is -2.27. The Hall–Kier alpha value is -0.123. The Labute approximate surface area is 108 Å². The van der Waals surface area contributed by atoms with E-state index in [1.54, 1.807) is 0 Å². The van der Waals surface area contributed by atoms with Crippen LogP contribution in [-0.4, -0.2) is 30.5 Å². The molecule has 2 atom stereocenters. The summed E-state index contributed by atoms with van der Waals surface area (Å²) in [5, 5.41) is 19.9. The Morgan fingerprint density at radius 1 is 1.06 bits per heavy atom. The summed E-state index contributed by atoms with van der Waals surface area (Å²) in [7, 11) is -1.35. The number of aliphatic hydroxyl groups is 2. The maximum absolute atomic E-state index is 10.1. The molecule has 0 aromatic carbocycles. The minimum atomic E-state index is -1.35. The minimum absolute atomic E-state index is 0.603. The third-order valence-electron chi connectivity index (χ3n) is 4.06. The fraction of sp³-hybridized carbons (Fsp3) is 0.857. The molecule has 2 nitrogen and oxygen atoms in total. The fourth-order valence-corrected chi connectivity index (χ4v) is 5.63. The number of hydrogen-bond acceptors (Lipinski definition) is 2. The zero-order chi connectivity index (χ0) is 13.5. The first-order chi connectivity index (χ1) is 7.96. The number of aliphatic hydroxyl groups excluding tert-OH is 2. The molecule has 0 aliphatic heterocycles. The lowest BCUT2D eigenvalue weighted by atomic mass is 10.0. The van der Waals surface area contributed by atoms with Crippen molar-refractivity contribution in [2.75, 3.05) is 0 Å². The van der Waals surface area contributed by atoms with E-state index in [1.807, 2.05) is 13.8 Å². The zero-order valence-electron chi connectivity index (χ0n) is 12.2. The molecule has 102 valence electrons. The van der Waals surface area contributed by atoms with Gasteiger partial charge in [0.25, 0.3) is 0 Å². The van der Waals surface area contributed by atoms with Gasteiger partial charge in [-0.1, -0.05) is 63.5 Å². The molecular weight excluding hydrogens is 228 g/mol. The number of rotatable bonds is 8. The summed E-state index contributed by atoms with van der Waals surface area (Å²) in [6.07, 6.45) is 0.300. The van der Waals surface area contributed by atoms with Crippen LogP contribution in [0.15, 0.2) is 11.3 Å². The van der Waals surface area contributed by atoms with Gasteiger partial charge in [0.15, 0.2) is 0 Å². The van der Waals surface area contributed by atoms with Crippen LogP contribution in [-0.2, 0) is 0 Å². The summed E-state index contributed by atoms with van der Waals surface area (Å²) in [6, 6.07) is 3.65. The van der Waals surface area contributed by atoms with Crippen molar-refractivity contribution < 1.29 is 10.2 Å². The van der Waals surface area contributed by atoms with Crippen LogP contribution in [0.1, 0.15) is 47.5 Å². The van der Waals surface area contributed by atoms with Gasteiger partial charge < -0.3 is 10.2 Å². The molecule has 0 rings (SSSR count). The van der Waals surface area contributed by atoms with E-state index in [-0.39, 0.29) is 0 Å². The average Bonchev–Trinajstić information content (AvgIpc) is 2.35. The lowest BCUT2D eigenvalue weighted by Crippen LogP contribution is -2.33. The van der Waals surface area contributed by atoms with Crippen LogP contribution in [0.25, 0.3) is 0 Å². The molecule has 0 spiro atoms. The van der Waals surface area contributed by atoms with Crippen molar-refractivity contribution in [3.63, 3.8) is 0 Å². The molecular formula is C14H30O2Si. The van der Waals surface area contributed by atoms with E-state index in [0.717, 1.165) is 12.0 Å². The molecule has 0 amide bonds. The van der Waals surface area contributed by atoms with Gasteiger partial charge in [0.05, 0.1) is 14.2 Å². The SMILES string of the molecule is CCC[C@H](O)[C@H](O)/C(C)=C/[Si](CC)(CC)CC. The smallest absolute Gasteiger partial charge is 0.100 e. The van der Waals surface area contributed by atoms with Crippen molar-refractivity contribution in [3.8, 4) is 0 Å². The van der Waals surface area contributed by atoms with Crippen molar-refractivity contribution >= 4 is 8.07 Å². The second kappa shape index (κ2) is 8.06. The van der Waals surface area contributed by atoms with E-state index >= 15 is 0 Å². The Morgan fingerprint density at radius 2 is 1.53 bits per heavy atom. The highest BCUT2D eigenvalue weighted by molar-refractivity contribution is 6.84. The molecule has 0 aliphatic carbocycles. The molecule has 3 heteroatoms. The summed E-state index contributed by atoms with van der Waals surface area (Å²) < 4.78 is 0. The molecule has 0 aliphatic rings. The summed E-state index contributed by atoms with van der Waals surface area (Å²) in [5.74, 6) is 0. The van der Waals surface area contributed by atoms with Crippen molar-refractivity contribution in [2.24, 2.45) is 0 Å². The van der Waals surface area contributed by atoms with Crippen LogP contribution in [0.4, 0.5) is 0 Å². The maximum Gasteiger partial charge on any atom is 0.100 e. The quantitative estimate of drug-likeness (QED) is 0.654. The summed E-state index contributed by atoms with van der Waals surface area (Å²) in [4.78, 5) is 0. The van der Waals surface area contributed by atoms with Gasteiger partial charge >= 0.3 is 0 Å². The highest BCUT2D eigenvalue weighted by Gasteiger charge is 2.26. The van der Waals surface area contributed by atoms with E-state index in [9.17, 15) is 10.2 Å². The molecule has 17 heavy (non-hydrogen) atoms. The third kappa shape index (κ3) is 4.94. The minimum Gasteiger partial charge on any atom is -0.390 e. The molecule has 0 fully saturated rings. The van der Waals surface area contributed by atoms with Crippen LogP contribution in [0, 0.1) is 0 Å². The van der Waals surface area contributed by atoms with Crippen molar-refractivity contribution in [2.45, 2.75) is 77.8 Å². The van der Waals surface area contributed by atoms with Crippen LogP contribution in [0.3, 0.4) is 0 Å². The van der Waals surface area contributed by atoms with Gasteiger partial charge in [-0.2, -0.15) is 0 Å². The Balaban J connectivity index is 4.80. The van der Waals surface area contributed by atoms with E-state index in [0.29, 0.717) is 6.42 Å². The molecule has 0 saturated carbocycles. The second-order valence-corrected chi connectivity index (χ2v) is 10.2. The molecule has 0 aromatic rings. The Bertz CT molecular complexity index is 226. The first-order valence-electron chi connectivity index (χ1n) is 7.01. The molecule has 0 saturated heterocycles. The maximum atomic E-state index is 10.1. The number of hydrogen-bond donors (Lipinski definition) is 2. The fourth-order valence-electron chi connectivity index (χ4n) is 2.38. The second-order valence-electron chi connectivity index (χ2n) is 5.11. The van der Waals surface area contributed by atoms with E-state index < -0.39 is 20.3 Å². The van der Waals surface area contributed by atoms with Gasteiger partial charge in [-0.15, -0.1) is 0 Å². The summed E-state index contributed by atoms with van der Waals surface area (Å²) in [5.41, 5.74) is 3.29. The average molecular weight is 258 g/mol. The Kier molecular flexibility index (Phi) is 8.00. The van der Waals surface area contributed by atoms with Crippen molar-refractivity contribution in [1.82, 2.24) is 0 Å².